The maximum absolute atomic E-state index is 10.4. The number of phenolic OH excluding ortho intramolecular Hbond substituents is 1. The molecule has 0 saturated carbocycles. The summed E-state index contributed by atoms with van der Waals surface area (Å²) in [6.07, 6.45) is 0. The lowest BCUT2D eigenvalue weighted by Crippen LogP contribution is -2.05. The molecule has 2 aromatic carbocycles. The van der Waals surface area contributed by atoms with Gasteiger partial charge in [-0.3, -0.25) is 0 Å². The minimum Gasteiger partial charge on any atom is -0.507 e. The van der Waals surface area contributed by atoms with Crippen LogP contribution in [-0.4, -0.2) is 27.2 Å². The smallest absolute Gasteiger partial charge is 0.167 e. The van der Waals surface area contributed by atoms with Gasteiger partial charge in [0.2, 0.25) is 0 Å². The molecule has 0 aliphatic rings. The summed E-state index contributed by atoms with van der Waals surface area (Å²) >= 11 is 0. The van der Waals surface area contributed by atoms with Crippen molar-refractivity contribution in [3.8, 4) is 34.3 Å². The number of hydrogen-bond donors (Lipinski definition) is 1. The zero-order valence-corrected chi connectivity index (χ0v) is 16.9. The summed E-state index contributed by atoms with van der Waals surface area (Å²) in [7, 11) is 1.56. The first-order chi connectivity index (χ1) is 12.7. The van der Waals surface area contributed by atoms with Crippen LogP contribution in [0, 0.1) is 41.5 Å². The molecular formula is C22H25N3O2. The molecule has 3 rings (SSSR count). The second-order valence-electron chi connectivity index (χ2n) is 6.91. The molecule has 0 fully saturated rings. The van der Waals surface area contributed by atoms with E-state index in [1.165, 1.54) is 27.8 Å². The quantitative estimate of drug-likeness (QED) is 0.726. The van der Waals surface area contributed by atoms with Crippen LogP contribution in [-0.2, 0) is 0 Å². The Morgan fingerprint density at radius 2 is 1.30 bits per heavy atom. The molecule has 5 nitrogen and oxygen atoms in total. The topological polar surface area (TPSA) is 68.1 Å². The van der Waals surface area contributed by atoms with Crippen molar-refractivity contribution < 1.29 is 9.84 Å². The van der Waals surface area contributed by atoms with Crippen LogP contribution >= 0.6 is 0 Å². The third-order valence-corrected chi connectivity index (χ3v) is 5.42. The van der Waals surface area contributed by atoms with Gasteiger partial charge in [-0.1, -0.05) is 0 Å². The van der Waals surface area contributed by atoms with Crippen molar-refractivity contribution in [3.05, 3.63) is 51.8 Å². The van der Waals surface area contributed by atoms with E-state index in [1.54, 1.807) is 25.3 Å². The lowest BCUT2D eigenvalue weighted by molar-refractivity contribution is 0.408. The largest absolute Gasteiger partial charge is 0.507 e. The minimum absolute atomic E-state index is 0.0793. The summed E-state index contributed by atoms with van der Waals surface area (Å²) in [6, 6.07) is 5.10. The molecule has 1 N–H and O–H groups in total. The minimum atomic E-state index is 0.0793. The van der Waals surface area contributed by atoms with Crippen LogP contribution < -0.4 is 4.74 Å². The van der Waals surface area contributed by atoms with Crippen LogP contribution in [0.15, 0.2) is 18.2 Å². The fourth-order valence-electron chi connectivity index (χ4n) is 3.38. The fourth-order valence-corrected chi connectivity index (χ4v) is 3.38. The molecule has 3 aromatic rings. The zero-order chi connectivity index (χ0) is 19.9. The molecule has 0 spiro atoms. The number of ether oxygens (including phenoxy) is 1. The van der Waals surface area contributed by atoms with E-state index in [0.717, 1.165) is 5.56 Å². The van der Waals surface area contributed by atoms with E-state index in [4.69, 9.17) is 9.72 Å². The fraction of sp³-hybridized carbons (Fsp3) is 0.318. The Balaban J connectivity index is 2.24. The van der Waals surface area contributed by atoms with Gasteiger partial charge in [-0.25, -0.2) is 15.0 Å². The van der Waals surface area contributed by atoms with Gasteiger partial charge in [0, 0.05) is 11.6 Å². The van der Waals surface area contributed by atoms with Gasteiger partial charge in [-0.15, -0.1) is 0 Å². The van der Waals surface area contributed by atoms with Crippen LogP contribution in [0.25, 0.3) is 22.8 Å². The first-order valence-corrected chi connectivity index (χ1v) is 8.92. The van der Waals surface area contributed by atoms with Crippen LogP contribution in [0.3, 0.4) is 0 Å². The number of methoxy groups -OCH3 is 1. The van der Waals surface area contributed by atoms with Gasteiger partial charge in [0.15, 0.2) is 11.6 Å². The Hall–Kier alpha value is -2.95. The molecule has 0 bridgehead atoms. The summed E-state index contributed by atoms with van der Waals surface area (Å²) < 4.78 is 5.16. The Labute approximate surface area is 160 Å². The molecule has 5 heteroatoms. The third kappa shape index (κ3) is 3.25. The van der Waals surface area contributed by atoms with Crippen molar-refractivity contribution in [3.63, 3.8) is 0 Å². The molecule has 0 unspecified atom stereocenters. The van der Waals surface area contributed by atoms with E-state index in [9.17, 15) is 5.11 Å². The molecule has 0 aliphatic heterocycles. The lowest BCUT2D eigenvalue weighted by Gasteiger charge is -2.18. The van der Waals surface area contributed by atoms with Gasteiger partial charge in [0.25, 0.3) is 0 Å². The van der Waals surface area contributed by atoms with Crippen LogP contribution in [0.1, 0.15) is 33.6 Å². The Bertz CT molecular complexity index is 1010. The van der Waals surface area contributed by atoms with Crippen molar-refractivity contribution in [1.29, 1.82) is 0 Å². The van der Waals surface area contributed by atoms with Gasteiger partial charge < -0.3 is 9.84 Å². The van der Waals surface area contributed by atoms with E-state index in [-0.39, 0.29) is 5.75 Å². The maximum Gasteiger partial charge on any atom is 0.167 e. The lowest BCUT2D eigenvalue weighted by atomic mass is 9.89. The summed E-state index contributed by atoms with van der Waals surface area (Å²) in [5, 5.41) is 10.4. The predicted octanol–water partition coefficient (Wildman–Crippen LogP) is 4.77. The van der Waals surface area contributed by atoms with Crippen molar-refractivity contribution >= 4 is 0 Å². The van der Waals surface area contributed by atoms with Gasteiger partial charge in [-0.05, 0) is 81.5 Å². The van der Waals surface area contributed by atoms with Gasteiger partial charge >= 0.3 is 0 Å². The molecule has 0 saturated heterocycles. The Morgan fingerprint density at radius 3 is 1.85 bits per heavy atom. The highest BCUT2D eigenvalue weighted by molar-refractivity contribution is 5.72. The van der Waals surface area contributed by atoms with Crippen molar-refractivity contribution in [2.75, 3.05) is 7.11 Å². The summed E-state index contributed by atoms with van der Waals surface area (Å²) in [6.45, 7) is 12.5. The number of phenols is 1. The number of benzene rings is 2. The number of aryl methyl sites for hydroxylation is 1. The van der Waals surface area contributed by atoms with E-state index < -0.39 is 0 Å². The normalized spacial score (nSPS) is 10.9. The van der Waals surface area contributed by atoms with Gasteiger partial charge in [0.1, 0.15) is 17.3 Å². The van der Waals surface area contributed by atoms with Crippen LogP contribution in [0.4, 0.5) is 0 Å². The molecular weight excluding hydrogens is 338 g/mol. The summed E-state index contributed by atoms with van der Waals surface area (Å²) in [4.78, 5) is 13.7. The molecule has 1 heterocycles. The van der Waals surface area contributed by atoms with Crippen molar-refractivity contribution in [2.24, 2.45) is 0 Å². The average Bonchev–Trinajstić information content (AvgIpc) is 2.64. The Morgan fingerprint density at radius 1 is 0.741 bits per heavy atom. The molecule has 0 atom stereocenters. The van der Waals surface area contributed by atoms with E-state index in [2.05, 4.69) is 44.6 Å². The number of rotatable bonds is 3. The van der Waals surface area contributed by atoms with Gasteiger partial charge in [0.05, 0.1) is 12.7 Å². The first kappa shape index (κ1) is 18.8. The summed E-state index contributed by atoms with van der Waals surface area (Å²) in [5.41, 5.74) is 7.73. The number of hydrogen-bond acceptors (Lipinski definition) is 5. The molecule has 0 radical (unpaired) electrons. The predicted molar refractivity (Wildman–Crippen MR) is 107 cm³/mol. The van der Waals surface area contributed by atoms with Crippen molar-refractivity contribution in [2.45, 2.75) is 41.5 Å². The van der Waals surface area contributed by atoms with E-state index in [1.807, 2.05) is 6.92 Å². The molecule has 27 heavy (non-hydrogen) atoms. The number of aromatic nitrogens is 3. The highest BCUT2D eigenvalue weighted by atomic mass is 16.5. The third-order valence-electron chi connectivity index (χ3n) is 5.42. The molecule has 0 aliphatic carbocycles. The Kier molecular flexibility index (Phi) is 4.87. The summed E-state index contributed by atoms with van der Waals surface area (Å²) in [5.74, 6) is 2.36. The van der Waals surface area contributed by atoms with Crippen LogP contribution in [0.5, 0.6) is 11.5 Å². The molecule has 1 aromatic heterocycles. The second-order valence-corrected chi connectivity index (χ2v) is 6.91. The average molecular weight is 363 g/mol. The van der Waals surface area contributed by atoms with Gasteiger partial charge in [-0.2, -0.15) is 0 Å². The van der Waals surface area contributed by atoms with Crippen molar-refractivity contribution in [1.82, 2.24) is 15.0 Å². The maximum atomic E-state index is 10.4. The monoisotopic (exact) mass is 363 g/mol. The highest BCUT2D eigenvalue weighted by Crippen LogP contribution is 2.35. The number of aromatic hydroxyl groups is 1. The van der Waals surface area contributed by atoms with E-state index >= 15 is 0 Å². The molecule has 0 amide bonds. The standard InChI is InChI=1S/C22H25N3O2/c1-11-12(2)14(4)20(15(5)13(11)3)22-24-16(6)23-21(25-22)18-9-8-17(27-7)10-19(18)26/h8-10,26H,1-7H3. The zero-order valence-electron chi connectivity index (χ0n) is 16.9. The second kappa shape index (κ2) is 6.99. The first-order valence-electron chi connectivity index (χ1n) is 8.92. The molecule has 140 valence electrons. The van der Waals surface area contributed by atoms with E-state index in [0.29, 0.717) is 28.8 Å². The number of nitrogens with zero attached hydrogens (tertiary/aromatic N) is 3. The highest BCUT2D eigenvalue weighted by Gasteiger charge is 2.18. The van der Waals surface area contributed by atoms with Crippen LogP contribution in [0.2, 0.25) is 0 Å². The SMILES string of the molecule is COc1ccc(-c2nc(C)nc(-c3c(C)c(C)c(C)c(C)c3C)n2)c(O)c1.